The SMILES string of the molecule is O=C(/C=C/c1ccc([N+](=O)[O-])cc1)Oc1ccccc1/C=C1/N=C(c2ccco2)OC1=O. The number of benzene rings is 2. The normalized spacial score (nSPS) is 14.4. The monoisotopic (exact) mass is 430 g/mol. The number of non-ortho nitro benzene ring substituents is 1. The van der Waals surface area contributed by atoms with Crippen molar-refractivity contribution in [2.45, 2.75) is 0 Å². The number of rotatable bonds is 6. The fourth-order valence-corrected chi connectivity index (χ4v) is 2.77. The van der Waals surface area contributed by atoms with E-state index in [2.05, 4.69) is 4.99 Å². The average Bonchev–Trinajstić information content (AvgIpc) is 3.44. The van der Waals surface area contributed by atoms with Crippen LogP contribution in [0.4, 0.5) is 5.69 Å². The summed E-state index contributed by atoms with van der Waals surface area (Å²) in [6.07, 6.45) is 5.55. The molecule has 0 saturated heterocycles. The van der Waals surface area contributed by atoms with Crippen LogP contribution in [-0.2, 0) is 14.3 Å². The lowest BCUT2D eigenvalue weighted by Gasteiger charge is -2.05. The van der Waals surface area contributed by atoms with Gasteiger partial charge in [0.2, 0.25) is 0 Å². The van der Waals surface area contributed by atoms with Gasteiger partial charge in [-0.15, -0.1) is 0 Å². The lowest BCUT2D eigenvalue weighted by Crippen LogP contribution is -2.05. The number of nitrogens with zero attached hydrogens (tertiary/aromatic N) is 2. The van der Waals surface area contributed by atoms with Gasteiger partial charge in [0.1, 0.15) is 5.75 Å². The number of ether oxygens (including phenoxy) is 2. The molecule has 2 aromatic carbocycles. The number of para-hydroxylation sites is 1. The molecule has 0 atom stereocenters. The van der Waals surface area contributed by atoms with E-state index < -0.39 is 16.9 Å². The first-order valence-corrected chi connectivity index (χ1v) is 9.29. The first-order chi connectivity index (χ1) is 15.5. The van der Waals surface area contributed by atoms with Gasteiger partial charge >= 0.3 is 11.9 Å². The fourth-order valence-electron chi connectivity index (χ4n) is 2.77. The van der Waals surface area contributed by atoms with Crippen LogP contribution in [0.2, 0.25) is 0 Å². The number of carbonyl (C=O) groups is 2. The highest BCUT2D eigenvalue weighted by molar-refractivity contribution is 6.12. The van der Waals surface area contributed by atoms with Gasteiger partial charge in [0.05, 0.1) is 11.2 Å². The van der Waals surface area contributed by atoms with Crippen molar-refractivity contribution in [1.82, 2.24) is 0 Å². The van der Waals surface area contributed by atoms with Crippen LogP contribution in [0.5, 0.6) is 5.75 Å². The quantitative estimate of drug-likeness (QED) is 0.189. The molecule has 158 valence electrons. The highest BCUT2D eigenvalue weighted by Gasteiger charge is 2.26. The number of aliphatic imine (C=N–C) groups is 1. The Morgan fingerprint density at radius 3 is 2.56 bits per heavy atom. The Labute approximate surface area is 181 Å². The molecule has 0 bridgehead atoms. The van der Waals surface area contributed by atoms with Crippen LogP contribution < -0.4 is 4.74 Å². The third-order valence-electron chi connectivity index (χ3n) is 4.29. The maximum Gasteiger partial charge on any atom is 0.363 e. The van der Waals surface area contributed by atoms with Gasteiger partial charge in [-0.25, -0.2) is 14.6 Å². The van der Waals surface area contributed by atoms with E-state index in [0.717, 1.165) is 0 Å². The zero-order chi connectivity index (χ0) is 22.5. The summed E-state index contributed by atoms with van der Waals surface area (Å²) in [4.78, 5) is 38.7. The van der Waals surface area contributed by atoms with E-state index in [0.29, 0.717) is 16.9 Å². The number of hydrogen-bond acceptors (Lipinski definition) is 8. The summed E-state index contributed by atoms with van der Waals surface area (Å²) in [6.45, 7) is 0. The van der Waals surface area contributed by atoms with E-state index in [1.165, 1.54) is 48.8 Å². The molecule has 9 nitrogen and oxygen atoms in total. The largest absolute Gasteiger partial charge is 0.459 e. The molecule has 0 radical (unpaired) electrons. The predicted octanol–water partition coefficient (Wildman–Crippen LogP) is 4.15. The molecule has 0 saturated carbocycles. The lowest BCUT2D eigenvalue weighted by molar-refractivity contribution is -0.384. The molecular weight excluding hydrogens is 416 g/mol. The second kappa shape index (κ2) is 8.92. The number of nitro groups is 1. The third kappa shape index (κ3) is 4.68. The van der Waals surface area contributed by atoms with E-state index in [-0.39, 0.29) is 23.0 Å². The van der Waals surface area contributed by atoms with Crippen LogP contribution in [0.15, 0.2) is 88.1 Å². The topological polar surface area (TPSA) is 121 Å². The molecular formula is C23H14N2O7. The Balaban J connectivity index is 1.50. The standard InChI is InChI=1S/C23H14N2O7/c26-21(12-9-15-7-10-17(11-8-15)25(28)29)31-19-5-2-1-4-16(19)14-18-23(27)32-22(24-18)20-6-3-13-30-20/h1-14H/b12-9+,18-14+. The Bertz CT molecular complexity index is 1270. The van der Waals surface area contributed by atoms with Crippen molar-refractivity contribution in [3.05, 3.63) is 106 Å². The minimum atomic E-state index is -0.664. The van der Waals surface area contributed by atoms with Gasteiger partial charge in [0.15, 0.2) is 11.5 Å². The van der Waals surface area contributed by atoms with Gasteiger partial charge in [-0.05, 0) is 48.0 Å². The number of hydrogen-bond donors (Lipinski definition) is 0. The van der Waals surface area contributed by atoms with Gasteiger partial charge in [0.25, 0.3) is 11.6 Å². The molecule has 1 aromatic heterocycles. The van der Waals surface area contributed by atoms with E-state index in [9.17, 15) is 19.7 Å². The van der Waals surface area contributed by atoms with Gasteiger partial charge in [-0.2, -0.15) is 0 Å². The first-order valence-electron chi connectivity index (χ1n) is 9.29. The number of cyclic esters (lactones) is 1. The van der Waals surface area contributed by atoms with Crippen LogP contribution in [-0.4, -0.2) is 22.8 Å². The highest BCUT2D eigenvalue weighted by atomic mass is 16.6. The second-order valence-corrected chi connectivity index (χ2v) is 6.45. The molecule has 1 aliphatic rings. The summed E-state index contributed by atoms with van der Waals surface area (Å²) in [5.74, 6) is -0.740. The van der Waals surface area contributed by atoms with Gasteiger partial charge in [0, 0.05) is 23.8 Å². The minimum absolute atomic E-state index is 0.0290. The van der Waals surface area contributed by atoms with Crippen LogP contribution >= 0.6 is 0 Å². The van der Waals surface area contributed by atoms with Crippen molar-refractivity contribution in [3.8, 4) is 5.75 Å². The Kier molecular flexibility index (Phi) is 5.71. The molecule has 4 rings (SSSR count). The van der Waals surface area contributed by atoms with Crippen LogP contribution in [0.3, 0.4) is 0 Å². The summed E-state index contributed by atoms with van der Waals surface area (Å²) in [5, 5.41) is 10.7. The van der Waals surface area contributed by atoms with Gasteiger partial charge < -0.3 is 13.9 Å². The molecule has 0 unspecified atom stereocenters. The van der Waals surface area contributed by atoms with Crippen molar-refractivity contribution >= 4 is 35.7 Å². The molecule has 0 aliphatic carbocycles. The third-order valence-corrected chi connectivity index (χ3v) is 4.29. The number of carbonyl (C=O) groups excluding carboxylic acids is 2. The maximum atomic E-state index is 12.3. The average molecular weight is 430 g/mol. The van der Waals surface area contributed by atoms with Crippen molar-refractivity contribution in [3.63, 3.8) is 0 Å². The van der Waals surface area contributed by atoms with Crippen LogP contribution in [0, 0.1) is 10.1 Å². The van der Waals surface area contributed by atoms with Crippen LogP contribution in [0.1, 0.15) is 16.9 Å². The predicted molar refractivity (Wildman–Crippen MR) is 114 cm³/mol. The zero-order valence-electron chi connectivity index (χ0n) is 16.3. The lowest BCUT2D eigenvalue weighted by atomic mass is 10.1. The Morgan fingerprint density at radius 1 is 1.06 bits per heavy atom. The summed E-state index contributed by atoms with van der Waals surface area (Å²) in [7, 11) is 0. The Morgan fingerprint density at radius 2 is 1.84 bits per heavy atom. The zero-order valence-corrected chi connectivity index (χ0v) is 16.3. The molecule has 0 amide bonds. The smallest absolute Gasteiger partial charge is 0.363 e. The summed E-state index contributed by atoms with van der Waals surface area (Å²) in [6, 6.07) is 15.6. The van der Waals surface area contributed by atoms with E-state index in [1.54, 1.807) is 36.4 Å². The fraction of sp³-hybridized carbons (Fsp3) is 0. The molecule has 1 aliphatic heterocycles. The molecule has 0 spiro atoms. The molecule has 0 fully saturated rings. The second-order valence-electron chi connectivity index (χ2n) is 6.45. The van der Waals surface area contributed by atoms with Crippen molar-refractivity contribution in [2.75, 3.05) is 0 Å². The number of nitro benzene ring substituents is 1. The number of furan rings is 1. The highest BCUT2D eigenvalue weighted by Crippen LogP contribution is 2.25. The maximum absolute atomic E-state index is 12.3. The van der Waals surface area contributed by atoms with Gasteiger partial charge in [-0.1, -0.05) is 18.2 Å². The van der Waals surface area contributed by atoms with Crippen molar-refractivity contribution in [2.24, 2.45) is 4.99 Å². The number of esters is 2. The molecule has 0 N–H and O–H groups in total. The van der Waals surface area contributed by atoms with Crippen molar-refractivity contribution < 1.29 is 28.4 Å². The van der Waals surface area contributed by atoms with Gasteiger partial charge in [-0.3, -0.25) is 10.1 Å². The van der Waals surface area contributed by atoms with Crippen LogP contribution in [0.25, 0.3) is 12.2 Å². The first kappa shape index (κ1) is 20.5. The Hall–Kier alpha value is -4.79. The van der Waals surface area contributed by atoms with Crippen molar-refractivity contribution in [1.29, 1.82) is 0 Å². The molecule has 32 heavy (non-hydrogen) atoms. The summed E-state index contributed by atoms with van der Waals surface area (Å²) in [5.41, 5.74) is 1.02. The van der Waals surface area contributed by atoms with E-state index in [4.69, 9.17) is 13.9 Å². The molecule has 9 heteroatoms. The molecule has 3 aromatic rings. The van der Waals surface area contributed by atoms with E-state index >= 15 is 0 Å². The summed E-state index contributed by atoms with van der Waals surface area (Å²) < 4.78 is 15.7. The minimum Gasteiger partial charge on any atom is -0.459 e. The molecule has 2 heterocycles. The van der Waals surface area contributed by atoms with E-state index in [1.807, 2.05) is 0 Å². The summed E-state index contributed by atoms with van der Waals surface area (Å²) >= 11 is 0.